The van der Waals surface area contributed by atoms with Crippen LogP contribution in [0.15, 0.2) is 30.3 Å². The Morgan fingerprint density at radius 2 is 1.95 bits per heavy atom. The lowest BCUT2D eigenvalue weighted by Gasteiger charge is -2.20. The highest BCUT2D eigenvalue weighted by Crippen LogP contribution is 2.24. The van der Waals surface area contributed by atoms with Crippen LogP contribution in [0.5, 0.6) is 0 Å². The number of carbonyl (C=O) groups excluding carboxylic acids is 2. The zero-order chi connectivity index (χ0) is 14.4. The van der Waals surface area contributed by atoms with E-state index in [0.29, 0.717) is 16.7 Å². The van der Waals surface area contributed by atoms with E-state index in [2.05, 4.69) is 4.74 Å². The maximum atomic E-state index is 11.5. The fourth-order valence-electron chi connectivity index (χ4n) is 1.76. The van der Waals surface area contributed by atoms with Gasteiger partial charge >= 0.3 is 5.97 Å². The van der Waals surface area contributed by atoms with Crippen LogP contribution >= 0.6 is 0 Å². The van der Waals surface area contributed by atoms with E-state index >= 15 is 0 Å². The van der Waals surface area contributed by atoms with Gasteiger partial charge in [-0.3, -0.25) is 4.79 Å². The summed E-state index contributed by atoms with van der Waals surface area (Å²) in [6.07, 6.45) is 2.11. The first-order valence-electron chi connectivity index (χ1n) is 6.11. The Hall–Kier alpha value is -1.94. The Morgan fingerprint density at radius 3 is 2.47 bits per heavy atom. The molecule has 102 valence electrons. The van der Waals surface area contributed by atoms with Crippen molar-refractivity contribution in [2.24, 2.45) is 11.7 Å². The average molecular weight is 261 g/mol. The van der Waals surface area contributed by atoms with E-state index in [1.165, 1.54) is 13.2 Å². The van der Waals surface area contributed by atoms with Gasteiger partial charge in [-0.15, -0.1) is 0 Å². The smallest absolute Gasteiger partial charge is 0.330 e. The number of ether oxygens (including phenoxy) is 1. The molecule has 0 aliphatic carbocycles. The van der Waals surface area contributed by atoms with E-state index in [4.69, 9.17) is 5.73 Å². The van der Waals surface area contributed by atoms with Crippen LogP contribution in [-0.2, 0) is 9.53 Å². The first-order valence-corrected chi connectivity index (χ1v) is 6.11. The van der Waals surface area contributed by atoms with Crippen molar-refractivity contribution in [3.8, 4) is 0 Å². The summed E-state index contributed by atoms with van der Waals surface area (Å²) in [5.74, 6) is -0.345. The molecule has 1 aromatic carbocycles. The lowest BCUT2D eigenvalue weighted by molar-refractivity contribution is -0.134. The average Bonchev–Trinajstić information content (AvgIpc) is 2.43. The topological polar surface area (TPSA) is 69.4 Å². The van der Waals surface area contributed by atoms with E-state index in [0.717, 1.165) is 6.29 Å². The Labute approximate surface area is 113 Å². The van der Waals surface area contributed by atoms with Crippen molar-refractivity contribution in [3.63, 3.8) is 0 Å². The van der Waals surface area contributed by atoms with Crippen LogP contribution in [0.3, 0.4) is 0 Å². The molecule has 1 atom stereocenters. The summed E-state index contributed by atoms with van der Waals surface area (Å²) >= 11 is 0. The number of nitrogens with two attached hydrogens (primary N) is 1. The maximum absolute atomic E-state index is 11.5. The Kier molecular flexibility index (Phi) is 5.45. The second-order valence-corrected chi connectivity index (χ2v) is 4.60. The predicted octanol–water partition coefficient (Wildman–Crippen LogP) is 2.04. The fourth-order valence-corrected chi connectivity index (χ4v) is 1.76. The minimum atomic E-state index is -0.480. The molecule has 1 rings (SSSR count). The van der Waals surface area contributed by atoms with Gasteiger partial charge < -0.3 is 10.5 Å². The van der Waals surface area contributed by atoms with E-state index in [9.17, 15) is 9.59 Å². The van der Waals surface area contributed by atoms with Crippen molar-refractivity contribution in [2.75, 3.05) is 7.11 Å². The molecule has 0 heterocycles. The first-order chi connectivity index (χ1) is 9.01. The summed E-state index contributed by atoms with van der Waals surface area (Å²) in [5, 5.41) is 0. The zero-order valence-electron chi connectivity index (χ0n) is 11.4. The molecule has 0 aliphatic heterocycles. The third kappa shape index (κ3) is 3.76. The van der Waals surface area contributed by atoms with Gasteiger partial charge in [0.15, 0.2) is 6.29 Å². The Balaban J connectivity index is 3.35. The number of aldehydes is 1. The molecule has 4 heteroatoms. The summed E-state index contributed by atoms with van der Waals surface area (Å²) in [7, 11) is 1.31. The Bertz CT molecular complexity index is 492. The Morgan fingerprint density at radius 1 is 1.32 bits per heavy atom. The van der Waals surface area contributed by atoms with Gasteiger partial charge in [-0.2, -0.15) is 0 Å². The number of esters is 1. The number of carbonyl (C=O) groups is 2. The van der Waals surface area contributed by atoms with Crippen LogP contribution in [0.2, 0.25) is 0 Å². The molecule has 4 nitrogen and oxygen atoms in total. The lowest BCUT2D eigenvalue weighted by atomic mass is 9.89. The van der Waals surface area contributed by atoms with Gasteiger partial charge in [0.25, 0.3) is 0 Å². The van der Waals surface area contributed by atoms with Crippen LogP contribution < -0.4 is 5.73 Å². The summed E-state index contributed by atoms with van der Waals surface area (Å²) in [6, 6.07) is 6.70. The molecule has 0 saturated heterocycles. The fraction of sp³-hybridized carbons (Fsp3) is 0.333. The SMILES string of the molecule is COC(=O)/C=C(/c1ccccc1C=O)[C@@H](N)C(C)C. The molecule has 2 N–H and O–H groups in total. The molecule has 1 aromatic rings. The van der Waals surface area contributed by atoms with E-state index in [1.807, 2.05) is 13.8 Å². The van der Waals surface area contributed by atoms with Crippen molar-refractivity contribution in [1.29, 1.82) is 0 Å². The molecule has 0 saturated carbocycles. The largest absolute Gasteiger partial charge is 0.466 e. The zero-order valence-corrected chi connectivity index (χ0v) is 11.4. The quantitative estimate of drug-likeness (QED) is 0.500. The van der Waals surface area contributed by atoms with Crippen LogP contribution in [-0.4, -0.2) is 25.4 Å². The highest BCUT2D eigenvalue weighted by atomic mass is 16.5. The molecule has 0 amide bonds. The van der Waals surface area contributed by atoms with E-state index in [1.54, 1.807) is 24.3 Å². The van der Waals surface area contributed by atoms with Crippen LogP contribution in [0.25, 0.3) is 5.57 Å². The molecule has 0 bridgehead atoms. The summed E-state index contributed by atoms with van der Waals surface area (Å²) < 4.78 is 4.65. The molecular weight excluding hydrogens is 242 g/mol. The predicted molar refractivity (Wildman–Crippen MR) is 74.6 cm³/mol. The summed E-state index contributed by atoms with van der Waals surface area (Å²) in [4.78, 5) is 22.6. The van der Waals surface area contributed by atoms with Crippen molar-refractivity contribution in [2.45, 2.75) is 19.9 Å². The van der Waals surface area contributed by atoms with Gasteiger partial charge in [-0.25, -0.2) is 4.79 Å². The van der Waals surface area contributed by atoms with Crippen LogP contribution in [0.4, 0.5) is 0 Å². The lowest BCUT2D eigenvalue weighted by Crippen LogP contribution is -2.29. The molecule has 0 spiro atoms. The normalized spacial score (nSPS) is 13.2. The first kappa shape index (κ1) is 15.1. The van der Waals surface area contributed by atoms with Gasteiger partial charge in [0.05, 0.1) is 7.11 Å². The summed E-state index contributed by atoms with van der Waals surface area (Å²) in [5.41, 5.74) is 7.92. The van der Waals surface area contributed by atoms with Crippen molar-refractivity contribution < 1.29 is 14.3 Å². The van der Waals surface area contributed by atoms with Crippen LogP contribution in [0.1, 0.15) is 29.8 Å². The van der Waals surface area contributed by atoms with Gasteiger partial charge in [-0.05, 0) is 17.1 Å². The van der Waals surface area contributed by atoms with Crippen molar-refractivity contribution in [3.05, 3.63) is 41.5 Å². The number of methoxy groups -OCH3 is 1. The number of hydrogen-bond donors (Lipinski definition) is 1. The third-order valence-electron chi connectivity index (χ3n) is 2.95. The molecule has 0 unspecified atom stereocenters. The molecule has 0 aliphatic rings. The maximum Gasteiger partial charge on any atom is 0.330 e. The van der Waals surface area contributed by atoms with E-state index < -0.39 is 5.97 Å². The van der Waals surface area contributed by atoms with Crippen molar-refractivity contribution in [1.82, 2.24) is 0 Å². The van der Waals surface area contributed by atoms with Gasteiger partial charge in [0.1, 0.15) is 0 Å². The molecular formula is C15H19NO3. The highest BCUT2D eigenvalue weighted by Gasteiger charge is 2.19. The van der Waals surface area contributed by atoms with Crippen LogP contribution in [0, 0.1) is 5.92 Å². The molecule has 19 heavy (non-hydrogen) atoms. The number of rotatable bonds is 5. The minimum absolute atomic E-state index is 0.135. The minimum Gasteiger partial charge on any atom is -0.466 e. The number of hydrogen-bond acceptors (Lipinski definition) is 4. The second-order valence-electron chi connectivity index (χ2n) is 4.60. The molecule has 0 radical (unpaired) electrons. The van der Waals surface area contributed by atoms with Gasteiger partial charge in [0.2, 0.25) is 0 Å². The third-order valence-corrected chi connectivity index (χ3v) is 2.95. The van der Waals surface area contributed by atoms with E-state index in [-0.39, 0.29) is 12.0 Å². The molecule has 0 aromatic heterocycles. The molecule has 0 fully saturated rings. The number of benzene rings is 1. The monoisotopic (exact) mass is 261 g/mol. The van der Waals surface area contributed by atoms with Gasteiger partial charge in [0, 0.05) is 17.7 Å². The highest BCUT2D eigenvalue weighted by molar-refractivity contribution is 5.96. The summed E-state index contributed by atoms with van der Waals surface area (Å²) in [6.45, 7) is 3.92. The van der Waals surface area contributed by atoms with Gasteiger partial charge in [-0.1, -0.05) is 38.1 Å². The standard InChI is InChI=1S/C15H19NO3/c1-10(2)15(16)13(8-14(18)19-3)12-7-5-4-6-11(12)9-17/h4-10,15H,16H2,1-3H3/b13-8-/t15-/m0/s1. The second kappa shape index (κ2) is 6.85. The van der Waals surface area contributed by atoms with Crippen molar-refractivity contribution >= 4 is 17.8 Å².